The Kier molecular flexibility index (Phi) is 7.71. The molecule has 28 heavy (non-hydrogen) atoms. The molecule has 0 saturated heterocycles. The van der Waals surface area contributed by atoms with Crippen molar-refractivity contribution in [1.29, 1.82) is 0 Å². The molecule has 0 radical (unpaired) electrons. The van der Waals surface area contributed by atoms with Crippen LogP contribution < -0.4 is 4.86 Å². The van der Waals surface area contributed by atoms with E-state index in [1.54, 1.807) is 0 Å². The number of nitrogens with zero attached hydrogens (tertiary/aromatic N) is 6. The molecule has 1 rings (SSSR count). The van der Waals surface area contributed by atoms with Crippen molar-refractivity contribution in [3.8, 4) is 0 Å². The van der Waals surface area contributed by atoms with Crippen LogP contribution in [0.25, 0.3) is 0 Å². The van der Waals surface area contributed by atoms with E-state index in [1.165, 1.54) is 0 Å². The first kappa shape index (κ1) is 26.8. The monoisotopic (exact) mass is 582 g/mol. The van der Waals surface area contributed by atoms with Gasteiger partial charge in [-0.05, 0) is 0 Å². The van der Waals surface area contributed by atoms with Gasteiger partial charge in [0.25, 0.3) is 0 Å². The third kappa shape index (κ3) is 9.73. The van der Waals surface area contributed by atoms with Gasteiger partial charge < -0.3 is 0 Å². The second-order valence-electron chi connectivity index (χ2n) is 3.88. The van der Waals surface area contributed by atoms with E-state index in [-0.39, 0.29) is 0 Å². The molecular formula is HF14N7P7+. The summed E-state index contributed by atoms with van der Waals surface area (Å²) in [6.45, 7) is 0. The molecule has 0 aromatic heterocycles. The van der Waals surface area contributed by atoms with E-state index in [2.05, 4.69) is 0 Å². The lowest BCUT2D eigenvalue weighted by Crippen LogP contribution is -1.94. The highest BCUT2D eigenvalue weighted by atomic mass is 31.3. The molecule has 1 aliphatic heterocycles. The van der Waals surface area contributed by atoms with Gasteiger partial charge in [0.1, 0.15) is 0 Å². The summed E-state index contributed by atoms with van der Waals surface area (Å²) in [4.78, 5) is -0.401. The van der Waals surface area contributed by atoms with Crippen LogP contribution in [0.3, 0.4) is 0 Å². The van der Waals surface area contributed by atoms with E-state index in [4.69, 9.17) is 0 Å². The molecule has 0 atom stereocenters. The molecule has 7 nitrogen and oxygen atoms in total. The Morgan fingerprint density at radius 2 is 0.750 bits per heavy atom. The first-order chi connectivity index (χ1) is 11.9. The standard InChI is InChI=1S/F14HN7P7/c1-22(2)15-23(3,4)17-25(7,8)19-27(11,12)21-28(13,14)20-26(9,10)18-24(5,6)16-22/h15H/q+1. The van der Waals surface area contributed by atoms with Gasteiger partial charge in [0.15, 0.2) is 0 Å². The summed E-state index contributed by atoms with van der Waals surface area (Å²) >= 11 is 0. The molecule has 1 aliphatic rings. The van der Waals surface area contributed by atoms with Crippen molar-refractivity contribution in [3.05, 3.63) is 0 Å². The smallest absolute Gasteiger partial charge is 0.156 e. The van der Waals surface area contributed by atoms with E-state index in [0.29, 0.717) is 0 Å². The van der Waals surface area contributed by atoms with Gasteiger partial charge in [0, 0.05) is 17.4 Å². The van der Waals surface area contributed by atoms with Crippen LogP contribution in [0.1, 0.15) is 0 Å². The molecule has 0 bridgehead atoms. The minimum absolute atomic E-state index is 0.401. The number of nitrogens with one attached hydrogen (secondary N) is 1. The molecule has 1 N–H and O–H groups in total. The molecule has 0 saturated carbocycles. The van der Waals surface area contributed by atoms with Crippen molar-refractivity contribution in [2.75, 3.05) is 0 Å². The lowest BCUT2D eigenvalue weighted by molar-refractivity contribution is 0.666. The number of rotatable bonds is 0. The summed E-state index contributed by atoms with van der Waals surface area (Å²) in [6, 6.07) is 0. The summed E-state index contributed by atoms with van der Waals surface area (Å²) < 4.78 is 190. The molecule has 28 heteroatoms. The molecule has 0 aromatic rings. The van der Waals surface area contributed by atoms with Crippen molar-refractivity contribution >= 4 is 55.1 Å². The van der Waals surface area contributed by atoms with E-state index >= 15 is 0 Å². The van der Waals surface area contributed by atoms with Gasteiger partial charge in [-0.1, -0.05) is 0 Å². The molecule has 0 unspecified atom stereocenters. The van der Waals surface area contributed by atoms with Crippen LogP contribution in [0.4, 0.5) is 58.8 Å². The average Bonchev–Trinajstić information content (AvgIpc) is 2.10. The molecule has 0 amide bonds. The lowest BCUT2D eigenvalue weighted by atomic mass is 13.8. The van der Waals surface area contributed by atoms with E-state index < -0.39 is 60.0 Å². The molecule has 0 fully saturated rings. The molecule has 1 heterocycles. The zero-order chi connectivity index (χ0) is 22.4. The van der Waals surface area contributed by atoms with Gasteiger partial charge in [-0.25, -0.2) is 0 Å². The first-order valence-electron chi connectivity index (χ1n) is 5.21. The second kappa shape index (κ2) is 8.05. The van der Waals surface area contributed by atoms with Crippen LogP contribution in [0.15, 0.2) is 27.1 Å². The quantitative estimate of drug-likeness (QED) is 0.224. The molecule has 0 aromatic carbocycles. The van der Waals surface area contributed by atoms with Crippen LogP contribution in [-0.2, 0) is 0 Å². The number of hydrogen-bond donors (Lipinski definition) is 1. The first-order valence-corrected chi connectivity index (χ1v) is 15.6. The molecule has 0 spiro atoms. The Morgan fingerprint density at radius 1 is 0.464 bits per heavy atom. The van der Waals surface area contributed by atoms with Gasteiger partial charge >= 0.3 is 55.1 Å². The Hall–Kier alpha value is 0.790. The molecule has 0 aliphatic carbocycles. The fraction of sp³-hybridized carbons (Fsp3) is 0. The highest BCUT2D eigenvalue weighted by molar-refractivity contribution is 7.80. The summed E-state index contributed by atoms with van der Waals surface area (Å²) in [5.74, 6) is 0. The zero-order valence-corrected chi connectivity index (χ0v) is 17.9. The van der Waals surface area contributed by atoms with Crippen LogP contribution in [0.5, 0.6) is 0 Å². The van der Waals surface area contributed by atoms with E-state index in [0.717, 1.165) is 27.1 Å². The normalized spacial score (nSPS) is 29.8. The van der Waals surface area contributed by atoms with Crippen LogP contribution >= 0.6 is 55.1 Å². The summed E-state index contributed by atoms with van der Waals surface area (Å²) in [5, 5.41) is 0. The maximum Gasteiger partial charge on any atom is 0.640 e. The maximum atomic E-state index is 13.2. The highest BCUT2D eigenvalue weighted by Gasteiger charge is 2.53. The summed E-state index contributed by atoms with van der Waals surface area (Å²) in [6.07, 6.45) is 0. The SMILES string of the molecule is FP1(F)=NP(F)(F)=N[P+](F)(F)N=P(F)(F)N=P(F)(F)N=P(F)(F)NP(F)(F)=N1. The van der Waals surface area contributed by atoms with Crippen LogP contribution in [-0.4, -0.2) is 0 Å². The number of halogens is 14. The Morgan fingerprint density at radius 3 is 1.04 bits per heavy atom. The summed E-state index contributed by atoms with van der Waals surface area (Å²) in [5.41, 5.74) is 0. The minimum Gasteiger partial charge on any atom is -0.156 e. The summed E-state index contributed by atoms with van der Waals surface area (Å²) in [7, 11) is -51.2. The van der Waals surface area contributed by atoms with Crippen molar-refractivity contribution in [2.45, 2.75) is 0 Å². The van der Waals surface area contributed by atoms with E-state index in [9.17, 15) is 58.8 Å². The van der Waals surface area contributed by atoms with Gasteiger partial charge in [-0.2, -0.15) is 16.8 Å². The largest absolute Gasteiger partial charge is 0.640 e. The van der Waals surface area contributed by atoms with Crippen molar-refractivity contribution in [3.63, 3.8) is 0 Å². The Bertz CT molecular complexity index is 874. The Labute approximate surface area is 146 Å². The highest BCUT2D eigenvalue weighted by Crippen LogP contribution is 2.85. The van der Waals surface area contributed by atoms with Gasteiger partial charge in [-0.3, -0.25) is 0 Å². The topological polar surface area (TPSA) is 86.2 Å². The van der Waals surface area contributed by atoms with E-state index in [1.807, 2.05) is 0 Å². The predicted octanol–water partition coefficient (Wildman–Crippen LogP) is 12.5. The average molecular weight is 582 g/mol. The second-order valence-corrected chi connectivity index (χ2v) is 15.5. The lowest BCUT2D eigenvalue weighted by Gasteiger charge is -2.12. The van der Waals surface area contributed by atoms with Crippen molar-refractivity contribution in [2.24, 2.45) is 27.1 Å². The zero-order valence-electron chi connectivity index (χ0n) is 11.6. The van der Waals surface area contributed by atoms with Gasteiger partial charge in [0.05, 0.1) is 0 Å². The third-order valence-electron chi connectivity index (χ3n) is 1.54. The van der Waals surface area contributed by atoms with Crippen molar-refractivity contribution < 1.29 is 58.8 Å². The van der Waals surface area contributed by atoms with Crippen molar-refractivity contribution in [1.82, 2.24) is 4.86 Å². The predicted molar refractivity (Wildman–Crippen MR) is 81.7 cm³/mol. The Balaban J connectivity index is 4.07. The third-order valence-corrected chi connectivity index (χ3v) is 13.9. The molecular weight excluding hydrogens is 581 g/mol. The number of hydrogen-bond acceptors (Lipinski definition) is 7. The van der Waals surface area contributed by atoms with Gasteiger partial charge in [-0.15, -0.1) is 56.5 Å². The fourth-order valence-electron chi connectivity index (χ4n) is 1.06. The van der Waals surface area contributed by atoms with Gasteiger partial charge in [0.2, 0.25) is 0 Å². The molecule has 168 valence electrons. The fourth-order valence-corrected chi connectivity index (χ4v) is 11.9. The minimum atomic E-state index is -7.36. The van der Waals surface area contributed by atoms with Crippen LogP contribution in [0, 0.1) is 0 Å². The maximum absolute atomic E-state index is 13.2. The van der Waals surface area contributed by atoms with Crippen LogP contribution in [0.2, 0.25) is 0 Å².